The number of thioether (sulfide) groups is 1. The first kappa shape index (κ1) is 10.7. The lowest BCUT2D eigenvalue weighted by atomic mass is 10.2. The van der Waals surface area contributed by atoms with E-state index in [2.05, 4.69) is 0 Å². The van der Waals surface area contributed by atoms with E-state index >= 15 is 0 Å². The van der Waals surface area contributed by atoms with Crippen molar-refractivity contribution in [2.45, 2.75) is 49.2 Å². The van der Waals surface area contributed by atoms with Crippen molar-refractivity contribution in [1.82, 2.24) is 0 Å². The van der Waals surface area contributed by atoms with E-state index in [-0.39, 0.29) is 23.5 Å². The third kappa shape index (κ3) is 1.47. The molecular formula is C9H17NO3S. The molecule has 0 aromatic rings. The van der Waals surface area contributed by atoms with Gasteiger partial charge in [-0.15, -0.1) is 0 Å². The lowest BCUT2D eigenvalue weighted by molar-refractivity contribution is -0.162. The van der Waals surface area contributed by atoms with Crippen LogP contribution >= 0.6 is 11.8 Å². The molecule has 1 heterocycles. The molecule has 4 nitrogen and oxygen atoms in total. The fourth-order valence-electron chi connectivity index (χ4n) is 2.28. The van der Waals surface area contributed by atoms with E-state index < -0.39 is 11.9 Å². The summed E-state index contributed by atoms with van der Waals surface area (Å²) in [6, 6.07) is -0.147. The summed E-state index contributed by atoms with van der Waals surface area (Å²) in [7, 11) is 0. The summed E-state index contributed by atoms with van der Waals surface area (Å²) in [6.07, 6.45) is 0.988. The molecule has 2 rings (SSSR count). The van der Waals surface area contributed by atoms with Crippen LogP contribution in [0.3, 0.4) is 0 Å². The predicted molar refractivity (Wildman–Crippen MR) is 55.1 cm³/mol. The van der Waals surface area contributed by atoms with Crippen LogP contribution in [0.2, 0.25) is 0 Å². The Bertz CT molecular complexity index is 216. The second-order valence-electron chi connectivity index (χ2n) is 4.33. The second-order valence-corrected chi connectivity index (χ2v) is 5.35. The lowest BCUT2D eigenvalue weighted by Gasteiger charge is -2.25. The quantitative estimate of drug-likeness (QED) is 0.647. The van der Waals surface area contributed by atoms with E-state index in [9.17, 15) is 5.11 Å². The summed E-state index contributed by atoms with van der Waals surface area (Å²) in [6.45, 7) is 3.69. The Labute approximate surface area is 88.1 Å². The number of nitrogens with two attached hydrogens (primary N) is 1. The first-order chi connectivity index (χ1) is 6.46. The number of aliphatic hydroxyl groups is 1. The van der Waals surface area contributed by atoms with Crippen LogP contribution in [0.5, 0.6) is 0 Å². The van der Waals surface area contributed by atoms with Crippen LogP contribution in [0, 0.1) is 0 Å². The number of aliphatic hydroxyl groups excluding tert-OH is 1. The predicted octanol–water partition coefficient (Wildman–Crippen LogP) is -0.0601. The maximum Gasteiger partial charge on any atom is 0.163 e. The van der Waals surface area contributed by atoms with Crippen molar-refractivity contribution in [3.63, 3.8) is 0 Å². The largest absolute Gasteiger partial charge is 0.389 e. The molecule has 0 aromatic carbocycles. The fourth-order valence-corrected chi connectivity index (χ4v) is 3.18. The van der Waals surface area contributed by atoms with Crippen LogP contribution in [-0.2, 0) is 9.47 Å². The Kier molecular flexibility index (Phi) is 2.56. The van der Waals surface area contributed by atoms with Gasteiger partial charge in [0.2, 0.25) is 0 Å². The molecule has 1 saturated heterocycles. The minimum absolute atomic E-state index is 0.0149. The van der Waals surface area contributed by atoms with Gasteiger partial charge in [0.1, 0.15) is 12.2 Å². The van der Waals surface area contributed by atoms with Gasteiger partial charge in [0, 0.05) is 6.04 Å². The van der Waals surface area contributed by atoms with Crippen LogP contribution in [-0.4, -0.2) is 46.8 Å². The summed E-state index contributed by atoms with van der Waals surface area (Å²) in [5.41, 5.74) is 6.00. The molecule has 5 unspecified atom stereocenters. The summed E-state index contributed by atoms with van der Waals surface area (Å²) in [4.78, 5) is 0. The molecule has 82 valence electrons. The van der Waals surface area contributed by atoms with Gasteiger partial charge >= 0.3 is 0 Å². The Balaban J connectivity index is 2.16. The van der Waals surface area contributed by atoms with Gasteiger partial charge in [-0.2, -0.15) is 11.8 Å². The van der Waals surface area contributed by atoms with Crippen molar-refractivity contribution >= 4 is 11.8 Å². The summed E-state index contributed by atoms with van der Waals surface area (Å²) in [5.74, 6) is -0.614. The molecular weight excluding hydrogens is 202 g/mol. The average molecular weight is 219 g/mol. The number of hydrogen-bond acceptors (Lipinski definition) is 5. The highest BCUT2D eigenvalue weighted by Gasteiger charge is 2.57. The SMILES string of the molecule is CSC1C(N)C2OC(C)(C)OC2C1O. The Morgan fingerprint density at radius 2 is 1.86 bits per heavy atom. The highest BCUT2D eigenvalue weighted by Crippen LogP contribution is 2.41. The molecule has 14 heavy (non-hydrogen) atoms. The van der Waals surface area contributed by atoms with Gasteiger partial charge in [0.05, 0.1) is 11.4 Å². The van der Waals surface area contributed by atoms with Gasteiger partial charge in [-0.25, -0.2) is 0 Å². The van der Waals surface area contributed by atoms with Crippen molar-refractivity contribution in [3.05, 3.63) is 0 Å². The topological polar surface area (TPSA) is 64.7 Å². The van der Waals surface area contributed by atoms with Crippen LogP contribution in [0.15, 0.2) is 0 Å². The van der Waals surface area contributed by atoms with Crippen LogP contribution < -0.4 is 5.73 Å². The molecule has 1 saturated carbocycles. The first-order valence-electron chi connectivity index (χ1n) is 4.78. The third-order valence-electron chi connectivity index (χ3n) is 2.87. The minimum atomic E-state index is -0.614. The molecule has 5 atom stereocenters. The molecule has 0 spiro atoms. The smallest absolute Gasteiger partial charge is 0.163 e. The van der Waals surface area contributed by atoms with Gasteiger partial charge in [0.25, 0.3) is 0 Å². The molecule has 0 aromatic heterocycles. The zero-order chi connectivity index (χ0) is 10.5. The van der Waals surface area contributed by atoms with Crippen molar-refractivity contribution in [2.24, 2.45) is 5.73 Å². The number of fused-ring (bicyclic) bond motifs is 1. The molecule has 0 amide bonds. The maximum absolute atomic E-state index is 9.96. The molecule has 0 radical (unpaired) electrons. The molecule has 2 fully saturated rings. The zero-order valence-electron chi connectivity index (χ0n) is 8.64. The van der Waals surface area contributed by atoms with Gasteiger partial charge in [-0.3, -0.25) is 0 Å². The second kappa shape index (κ2) is 3.35. The highest BCUT2D eigenvalue weighted by atomic mass is 32.2. The molecule has 1 aliphatic heterocycles. The Morgan fingerprint density at radius 3 is 2.36 bits per heavy atom. The lowest BCUT2D eigenvalue weighted by Crippen LogP contribution is -2.41. The Morgan fingerprint density at radius 1 is 1.29 bits per heavy atom. The van der Waals surface area contributed by atoms with Crippen molar-refractivity contribution in [2.75, 3.05) is 6.26 Å². The third-order valence-corrected chi connectivity index (χ3v) is 4.01. The zero-order valence-corrected chi connectivity index (χ0v) is 9.45. The highest BCUT2D eigenvalue weighted by molar-refractivity contribution is 7.99. The monoisotopic (exact) mass is 219 g/mol. The van der Waals surface area contributed by atoms with Crippen LogP contribution in [0.1, 0.15) is 13.8 Å². The summed E-state index contributed by atoms with van der Waals surface area (Å²) >= 11 is 1.57. The normalized spacial score (nSPS) is 50.8. The van der Waals surface area contributed by atoms with E-state index in [0.29, 0.717) is 0 Å². The van der Waals surface area contributed by atoms with Gasteiger partial charge in [-0.1, -0.05) is 0 Å². The van der Waals surface area contributed by atoms with E-state index in [4.69, 9.17) is 15.2 Å². The van der Waals surface area contributed by atoms with Gasteiger partial charge in [0.15, 0.2) is 5.79 Å². The van der Waals surface area contributed by atoms with Crippen LogP contribution in [0.4, 0.5) is 0 Å². The van der Waals surface area contributed by atoms with E-state index in [1.807, 2.05) is 20.1 Å². The van der Waals surface area contributed by atoms with Crippen LogP contribution in [0.25, 0.3) is 0 Å². The Hall–Kier alpha value is 0.190. The number of hydrogen-bond donors (Lipinski definition) is 2. The molecule has 5 heteroatoms. The van der Waals surface area contributed by atoms with E-state index in [1.54, 1.807) is 11.8 Å². The first-order valence-corrected chi connectivity index (χ1v) is 6.07. The van der Waals surface area contributed by atoms with Crippen molar-refractivity contribution in [1.29, 1.82) is 0 Å². The molecule has 2 aliphatic rings. The van der Waals surface area contributed by atoms with Gasteiger partial charge < -0.3 is 20.3 Å². The standard InChI is InChI=1S/C9H17NO3S/c1-9(2)12-6-4(10)8(14-3)5(11)7(6)13-9/h4-8,11H,10H2,1-3H3. The molecule has 0 bridgehead atoms. The minimum Gasteiger partial charge on any atom is -0.389 e. The molecule has 3 N–H and O–H groups in total. The van der Waals surface area contributed by atoms with Crippen molar-refractivity contribution in [3.8, 4) is 0 Å². The molecule has 1 aliphatic carbocycles. The van der Waals surface area contributed by atoms with E-state index in [0.717, 1.165) is 0 Å². The van der Waals surface area contributed by atoms with Crippen molar-refractivity contribution < 1.29 is 14.6 Å². The van der Waals surface area contributed by atoms with Gasteiger partial charge in [-0.05, 0) is 20.1 Å². The van der Waals surface area contributed by atoms with E-state index in [1.165, 1.54) is 0 Å². The number of ether oxygens (including phenoxy) is 2. The maximum atomic E-state index is 9.96. The number of rotatable bonds is 1. The fraction of sp³-hybridized carbons (Fsp3) is 1.00. The summed E-state index contributed by atoms with van der Waals surface area (Å²) < 4.78 is 11.3. The summed E-state index contributed by atoms with van der Waals surface area (Å²) in [5, 5.41) is 9.97. The average Bonchev–Trinajstić information content (AvgIpc) is 2.50.